The molecule has 0 saturated heterocycles. The minimum atomic E-state index is 0.605. The average molecular weight is 447 g/mol. The zero-order valence-corrected chi connectivity index (χ0v) is 19.2. The molecule has 0 spiro atoms. The van der Waals surface area contributed by atoms with Crippen LogP contribution in [0.25, 0.3) is 22.3 Å². The van der Waals surface area contributed by atoms with Gasteiger partial charge in [0, 0.05) is 23.1 Å². The molecule has 0 amide bonds. The van der Waals surface area contributed by atoms with Gasteiger partial charge in [-0.2, -0.15) is 0 Å². The number of methoxy groups -OCH3 is 5. The smallest absolute Gasteiger partial charge is 0.161 e. The molecule has 0 saturated carbocycles. The van der Waals surface area contributed by atoms with E-state index in [-0.39, 0.29) is 0 Å². The van der Waals surface area contributed by atoms with E-state index in [2.05, 4.69) is 0 Å². The fourth-order valence-electron chi connectivity index (χ4n) is 3.51. The quantitative estimate of drug-likeness (QED) is 0.379. The standard InChI is InChI=1S/C26H25NO6/c1-28-17-7-10-22-19(13-17)20(27-21-14-18(29-2)8-11-23(21)30-3)15-25(33-22)16-6-9-24(31-4)26(12-16)32-5/h6-15H,1-5H3. The second kappa shape index (κ2) is 9.56. The molecule has 7 nitrogen and oxygen atoms in total. The van der Waals surface area contributed by atoms with Crippen LogP contribution in [0.3, 0.4) is 0 Å². The van der Waals surface area contributed by atoms with Crippen LogP contribution in [0.5, 0.6) is 28.7 Å². The molecule has 0 radical (unpaired) electrons. The Morgan fingerprint density at radius 2 is 1.27 bits per heavy atom. The predicted octanol–water partition coefficient (Wildman–Crippen LogP) is 5.38. The van der Waals surface area contributed by atoms with Crippen LogP contribution in [-0.4, -0.2) is 35.5 Å². The maximum atomic E-state index is 6.23. The molecule has 1 aromatic heterocycles. The Balaban J connectivity index is 2.00. The van der Waals surface area contributed by atoms with Crippen LogP contribution in [0, 0.1) is 0 Å². The fourth-order valence-corrected chi connectivity index (χ4v) is 3.51. The van der Waals surface area contributed by atoms with Crippen molar-refractivity contribution in [1.82, 2.24) is 0 Å². The van der Waals surface area contributed by atoms with Crippen LogP contribution in [0.4, 0.5) is 5.69 Å². The van der Waals surface area contributed by atoms with Gasteiger partial charge in [-0.25, -0.2) is 4.99 Å². The van der Waals surface area contributed by atoms with Gasteiger partial charge in [0.25, 0.3) is 0 Å². The second-order valence-corrected chi connectivity index (χ2v) is 7.08. The largest absolute Gasteiger partial charge is 0.497 e. The van der Waals surface area contributed by atoms with Crippen molar-refractivity contribution in [3.63, 3.8) is 0 Å². The molecule has 4 rings (SSSR count). The van der Waals surface area contributed by atoms with Gasteiger partial charge in [0.05, 0.1) is 40.9 Å². The van der Waals surface area contributed by atoms with Crippen LogP contribution in [0.1, 0.15) is 0 Å². The fraction of sp³-hybridized carbons (Fsp3) is 0.192. The number of ether oxygens (including phenoxy) is 5. The van der Waals surface area contributed by atoms with Gasteiger partial charge in [-0.1, -0.05) is 0 Å². The molecule has 4 aromatic rings. The van der Waals surface area contributed by atoms with E-state index in [9.17, 15) is 0 Å². The lowest BCUT2D eigenvalue weighted by molar-refractivity contribution is 0.355. The molecule has 0 aliphatic rings. The number of fused-ring (bicyclic) bond motifs is 1. The Bertz CT molecular complexity index is 1360. The van der Waals surface area contributed by atoms with Crippen LogP contribution < -0.4 is 29.0 Å². The maximum absolute atomic E-state index is 6.23. The van der Waals surface area contributed by atoms with Crippen molar-refractivity contribution >= 4 is 16.7 Å². The summed E-state index contributed by atoms with van der Waals surface area (Å²) >= 11 is 0. The Hall–Kier alpha value is -4.13. The Kier molecular flexibility index (Phi) is 6.40. The molecule has 3 aromatic carbocycles. The summed E-state index contributed by atoms with van der Waals surface area (Å²) < 4.78 is 33.4. The first-order chi connectivity index (χ1) is 16.1. The van der Waals surface area contributed by atoms with Crippen LogP contribution >= 0.6 is 0 Å². The lowest BCUT2D eigenvalue weighted by Gasteiger charge is -2.11. The van der Waals surface area contributed by atoms with Crippen molar-refractivity contribution in [1.29, 1.82) is 0 Å². The third-order valence-corrected chi connectivity index (χ3v) is 5.25. The molecule has 0 atom stereocenters. The lowest BCUT2D eigenvalue weighted by Crippen LogP contribution is -2.04. The topological polar surface area (TPSA) is 71.7 Å². The van der Waals surface area contributed by atoms with Crippen LogP contribution in [0.15, 0.2) is 70.1 Å². The highest BCUT2D eigenvalue weighted by Gasteiger charge is 2.12. The number of hydrogen-bond donors (Lipinski definition) is 0. The summed E-state index contributed by atoms with van der Waals surface area (Å²) in [6.07, 6.45) is 0. The van der Waals surface area contributed by atoms with Gasteiger partial charge < -0.3 is 28.1 Å². The minimum absolute atomic E-state index is 0.605. The van der Waals surface area contributed by atoms with Crippen LogP contribution in [-0.2, 0) is 0 Å². The Morgan fingerprint density at radius 1 is 0.606 bits per heavy atom. The number of rotatable bonds is 7. The lowest BCUT2D eigenvalue weighted by atomic mass is 10.1. The SMILES string of the molecule is COc1ccc(OC)c(N=c2cc(-c3ccc(OC)c(OC)c3)oc3ccc(OC)cc23)c1. The molecule has 0 unspecified atom stereocenters. The molecule has 0 aliphatic carbocycles. The van der Waals surface area contributed by atoms with E-state index in [0.717, 1.165) is 10.9 Å². The van der Waals surface area contributed by atoms with Crippen molar-refractivity contribution in [2.45, 2.75) is 0 Å². The molecule has 0 fully saturated rings. The molecule has 7 heteroatoms. The molecule has 0 aliphatic heterocycles. The first kappa shape index (κ1) is 22.1. The van der Waals surface area contributed by atoms with E-state index in [1.165, 1.54) is 0 Å². The van der Waals surface area contributed by atoms with Crippen molar-refractivity contribution in [2.75, 3.05) is 35.5 Å². The summed E-state index contributed by atoms with van der Waals surface area (Å²) in [6, 6.07) is 18.6. The zero-order valence-electron chi connectivity index (χ0n) is 19.2. The third kappa shape index (κ3) is 4.43. The van der Waals surface area contributed by atoms with E-state index in [1.54, 1.807) is 35.5 Å². The van der Waals surface area contributed by atoms with E-state index >= 15 is 0 Å². The monoisotopic (exact) mass is 447 g/mol. The molecule has 33 heavy (non-hydrogen) atoms. The van der Waals surface area contributed by atoms with Crippen molar-refractivity contribution in [3.05, 3.63) is 66.0 Å². The summed E-state index contributed by atoms with van der Waals surface area (Å²) in [4.78, 5) is 4.91. The summed E-state index contributed by atoms with van der Waals surface area (Å²) in [5.74, 6) is 3.86. The summed E-state index contributed by atoms with van der Waals surface area (Å²) in [7, 11) is 8.04. The van der Waals surface area contributed by atoms with E-state index in [1.807, 2.05) is 60.7 Å². The predicted molar refractivity (Wildman–Crippen MR) is 126 cm³/mol. The van der Waals surface area contributed by atoms with Gasteiger partial charge in [0.15, 0.2) is 11.5 Å². The van der Waals surface area contributed by atoms with E-state index in [0.29, 0.717) is 51.1 Å². The first-order valence-electron chi connectivity index (χ1n) is 10.2. The highest BCUT2D eigenvalue weighted by atomic mass is 16.5. The van der Waals surface area contributed by atoms with Crippen molar-refractivity contribution < 1.29 is 28.1 Å². The van der Waals surface area contributed by atoms with Gasteiger partial charge in [0.1, 0.15) is 34.3 Å². The third-order valence-electron chi connectivity index (χ3n) is 5.25. The van der Waals surface area contributed by atoms with Gasteiger partial charge in [-0.15, -0.1) is 0 Å². The molecular weight excluding hydrogens is 422 g/mol. The van der Waals surface area contributed by atoms with Gasteiger partial charge >= 0.3 is 0 Å². The highest BCUT2D eigenvalue weighted by Crippen LogP contribution is 2.34. The molecule has 0 N–H and O–H groups in total. The number of benzene rings is 3. The van der Waals surface area contributed by atoms with E-state index in [4.69, 9.17) is 33.1 Å². The highest BCUT2D eigenvalue weighted by molar-refractivity contribution is 5.80. The maximum Gasteiger partial charge on any atom is 0.161 e. The second-order valence-electron chi connectivity index (χ2n) is 7.08. The van der Waals surface area contributed by atoms with Gasteiger partial charge in [0.2, 0.25) is 0 Å². The molecular formula is C26H25NO6. The number of nitrogens with zero attached hydrogens (tertiary/aromatic N) is 1. The van der Waals surface area contributed by atoms with Gasteiger partial charge in [-0.05, 0) is 48.5 Å². The van der Waals surface area contributed by atoms with Crippen molar-refractivity contribution in [3.8, 4) is 40.1 Å². The van der Waals surface area contributed by atoms with Crippen LogP contribution in [0.2, 0.25) is 0 Å². The summed E-state index contributed by atoms with van der Waals surface area (Å²) in [6.45, 7) is 0. The average Bonchev–Trinajstić information content (AvgIpc) is 2.87. The van der Waals surface area contributed by atoms with E-state index < -0.39 is 0 Å². The molecule has 170 valence electrons. The Labute approximate surface area is 191 Å². The normalized spacial score (nSPS) is 11.4. The molecule has 1 heterocycles. The summed E-state index contributed by atoms with van der Waals surface area (Å²) in [5, 5.41) is 1.48. The zero-order chi connectivity index (χ0) is 23.4. The molecule has 0 bridgehead atoms. The Morgan fingerprint density at radius 3 is 1.97 bits per heavy atom. The minimum Gasteiger partial charge on any atom is -0.497 e. The van der Waals surface area contributed by atoms with Gasteiger partial charge in [-0.3, -0.25) is 0 Å². The van der Waals surface area contributed by atoms with Crippen molar-refractivity contribution in [2.24, 2.45) is 4.99 Å². The number of hydrogen-bond acceptors (Lipinski definition) is 7. The first-order valence-corrected chi connectivity index (χ1v) is 10.2. The summed E-state index contributed by atoms with van der Waals surface area (Å²) in [5.41, 5.74) is 2.11.